The first-order valence-corrected chi connectivity index (χ1v) is 9.63. The van der Waals surface area contributed by atoms with E-state index < -0.39 is 0 Å². The number of hydrogen-bond acceptors (Lipinski definition) is 3. The Morgan fingerprint density at radius 3 is 2.88 bits per heavy atom. The van der Waals surface area contributed by atoms with Crippen LogP contribution in [0.5, 0.6) is 0 Å². The van der Waals surface area contributed by atoms with Crippen LogP contribution >= 0.6 is 0 Å². The van der Waals surface area contributed by atoms with Gasteiger partial charge in [0.1, 0.15) is 5.69 Å². The number of rotatable bonds is 4. The van der Waals surface area contributed by atoms with Crippen molar-refractivity contribution in [3.05, 3.63) is 54.1 Å². The molecule has 1 saturated carbocycles. The molecular weight excluding hydrogens is 324 g/mol. The second-order valence-electron chi connectivity index (χ2n) is 7.91. The van der Waals surface area contributed by atoms with Gasteiger partial charge in [0, 0.05) is 51.3 Å². The van der Waals surface area contributed by atoms with Gasteiger partial charge >= 0.3 is 0 Å². The Morgan fingerprint density at radius 1 is 1.27 bits per heavy atom. The minimum Gasteiger partial charge on any atom is -0.347 e. The topological polar surface area (TPSA) is 41.4 Å². The number of aryl methyl sites for hydroxylation is 1. The van der Waals surface area contributed by atoms with E-state index in [0.29, 0.717) is 17.9 Å². The molecule has 0 bridgehead atoms. The van der Waals surface area contributed by atoms with Crippen molar-refractivity contribution in [2.75, 3.05) is 20.1 Å². The highest BCUT2D eigenvalue weighted by atomic mass is 16.2. The second-order valence-corrected chi connectivity index (χ2v) is 7.91. The predicted octanol–water partition coefficient (Wildman–Crippen LogP) is 2.79. The Morgan fingerprint density at radius 2 is 2.15 bits per heavy atom. The van der Waals surface area contributed by atoms with Gasteiger partial charge in [0.15, 0.2) is 0 Å². The summed E-state index contributed by atoms with van der Waals surface area (Å²) in [5.41, 5.74) is 2.05. The quantitative estimate of drug-likeness (QED) is 0.850. The lowest BCUT2D eigenvalue weighted by atomic mass is 9.77. The van der Waals surface area contributed by atoms with E-state index in [1.54, 1.807) is 0 Å². The summed E-state index contributed by atoms with van der Waals surface area (Å²) in [5, 5.41) is 0. The Hall–Kier alpha value is -2.14. The summed E-state index contributed by atoms with van der Waals surface area (Å²) in [6, 6.07) is 8.56. The molecule has 138 valence electrons. The maximum Gasteiger partial charge on any atom is 0.270 e. The molecular formula is C21H28N4O. The summed E-state index contributed by atoms with van der Waals surface area (Å²) in [4.78, 5) is 21.7. The monoisotopic (exact) mass is 352 g/mol. The lowest BCUT2D eigenvalue weighted by Gasteiger charge is -2.39. The molecule has 0 aromatic carbocycles. The van der Waals surface area contributed by atoms with Crippen LogP contribution in [0.3, 0.4) is 0 Å². The second kappa shape index (κ2) is 7.23. The first-order chi connectivity index (χ1) is 12.6. The molecule has 2 aliphatic rings. The molecule has 0 N–H and O–H groups in total. The van der Waals surface area contributed by atoms with Gasteiger partial charge < -0.3 is 9.47 Å². The molecule has 2 fully saturated rings. The maximum absolute atomic E-state index is 12.9. The van der Waals surface area contributed by atoms with Crippen LogP contribution in [-0.4, -0.2) is 51.4 Å². The van der Waals surface area contributed by atoms with E-state index in [9.17, 15) is 4.79 Å². The number of fused-ring (bicyclic) bond motifs is 1. The van der Waals surface area contributed by atoms with Crippen LogP contribution in [-0.2, 0) is 13.6 Å². The molecule has 3 atom stereocenters. The Kier molecular flexibility index (Phi) is 4.81. The van der Waals surface area contributed by atoms with E-state index in [0.717, 1.165) is 25.3 Å². The molecule has 26 heavy (non-hydrogen) atoms. The van der Waals surface area contributed by atoms with Crippen molar-refractivity contribution in [2.24, 2.45) is 18.9 Å². The number of hydrogen-bond donors (Lipinski definition) is 0. The van der Waals surface area contributed by atoms with Gasteiger partial charge in [0.2, 0.25) is 0 Å². The van der Waals surface area contributed by atoms with Crippen LogP contribution in [0.15, 0.2) is 42.9 Å². The maximum atomic E-state index is 12.9. The SMILES string of the molecule is CN(Cc1cccnc1)[C@H]1CCC[C@@H]2CN(C(=O)c3cccn3C)C[C@@H]21. The zero-order valence-electron chi connectivity index (χ0n) is 15.7. The lowest BCUT2D eigenvalue weighted by Crippen LogP contribution is -2.43. The van der Waals surface area contributed by atoms with Gasteiger partial charge in [-0.3, -0.25) is 14.7 Å². The van der Waals surface area contributed by atoms with E-state index in [4.69, 9.17) is 0 Å². The van der Waals surface area contributed by atoms with Crippen molar-refractivity contribution in [3.63, 3.8) is 0 Å². The van der Waals surface area contributed by atoms with E-state index in [1.165, 1.54) is 24.8 Å². The molecule has 5 heteroatoms. The smallest absolute Gasteiger partial charge is 0.270 e. The summed E-state index contributed by atoms with van der Waals surface area (Å²) in [6.45, 7) is 2.72. The highest BCUT2D eigenvalue weighted by Gasteiger charge is 2.43. The molecule has 1 aliphatic heterocycles. The number of pyridine rings is 1. The van der Waals surface area contributed by atoms with Crippen LogP contribution in [0.2, 0.25) is 0 Å². The van der Waals surface area contributed by atoms with Gasteiger partial charge in [-0.2, -0.15) is 0 Å². The molecule has 5 nitrogen and oxygen atoms in total. The summed E-state index contributed by atoms with van der Waals surface area (Å²) >= 11 is 0. The number of carbonyl (C=O) groups excluding carboxylic acids is 1. The van der Waals surface area contributed by atoms with Crippen molar-refractivity contribution in [1.29, 1.82) is 0 Å². The van der Waals surface area contributed by atoms with Gasteiger partial charge in [0.05, 0.1) is 0 Å². The molecule has 1 saturated heterocycles. The predicted molar refractivity (Wildman–Crippen MR) is 102 cm³/mol. The molecule has 0 radical (unpaired) electrons. The Bertz CT molecular complexity index is 756. The van der Waals surface area contributed by atoms with Gasteiger partial charge in [0.25, 0.3) is 5.91 Å². The van der Waals surface area contributed by atoms with E-state index in [2.05, 4.69) is 27.9 Å². The fourth-order valence-electron chi connectivity index (χ4n) is 4.90. The summed E-state index contributed by atoms with van der Waals surface area (Å²) in [7, 11) is 4.17. The first kappa shape index (κ1) is 17.3. The fourth-order valence-corrected chi connectivity index (χ4v) is 4.90. The number of nitrogens with zero attached hydrogens (tertiary/aromatic N) is 4. The third-order valence-electron chi connectivity index (χ3n) is 6.23. The van der Waals surface area contributed by atoms with Crippen molar-refractivity contribution in [1.82, 2.24) is 19.4 Å². The lowest BCUT2D eigenvalue weighted by molar-refractivity contribution is 0.0761. The first-order valence-electron chi connectivity index (χ1n) is 9.63. The fraction of sp³-hybridized carbons (Fsp3) is 0.524. The van der Waals surface area contributed by atoms with Gasteiger partial charge in [-0.25, -0.2) is 0 Å². The third kappa shape index (κ3) is 3.28. The van der Waals surface area contributed by atoms with Crippen LogP contribution < -0.4 is 0 Å². The molecule has 0 spiro atoms. The van der Waals surface area contributed by atoms with Crippen molar-refractivity contribution in [3.8, 4) is 0 Å². The molecule has 0 unspecified atom stereocenters. The minimum absolute atomic E-state index is 0.181. The summed E-state index contributed by atoms with van der Waals surface area (Å²) in [6.07, 6.45) is 9.46. The Labute approximate surface area is 155 Å². The average molecular weight is 352 g/mol. The summed E-state index contributed by atoms with van der Waals surface area (Å²) < 4.78 is 1.93. The number of amides is 1. The molecule has 3 heterocycles. The van der Waals surface area contributed by atoms with Crippen LogP contribution in [0.1, 0.15) is 35.3 Å². The van der Waals surface area contributed by atoms with E-state index in [1.807, 2.05) is 48.4 Å². The van der Waals surface area contributed by atoms with E-state index in [-0.39, 0.29) is 5.91 Å². The average Bonchev–Trinajstić information content (AvgIpc) is 3.27. The number of carbonyl (C=O) groups is 1. The Balaban J connectivity index is 1.46. The van der Waals surface area contributed by atoms with Crippen molar-refractivity contribution < 1.29 is 4.79 Å². The normalized spacial score (nSPS) is 25.5. The van der Waals surface area contributed by atoms with Crippen LogP contribution in [0.4, 0.5) is 0 Å². The summed E-state index contributed by atoms with van der Waals surface area (Å²) in [5.74, 6) is 1.39. The molecule has 4 rings (SSSR count). The van der Waals surface area contributed by atoms with Crippen molar-refractivity contribution >= 4 is 5.91 Å². The van der Waals surface area contributed by atoms with E-state index >= 15 is 0 Å². The van der Waals surface area contributed by atoms with Gasteiger partial charge in [-0.1, -0.05) is 12.5 Å². The zero-order valence-corrected chi connectivity index (χ0v) is 15.7. The number of aromatic nitrogens is 2. The zero-order chi connectivity index (χ0) is 18.1. The third-order valence-corrected chi connectivity index (χ3v) is 6.23. The molecule has 2 aromatic heterocycles. The highest BCUT2D eigenvalue weighted by molar-refractivity contribution is 5.93. The van der Waals surface area contributed by atoms with Gasteiger partial charge in [-0.05, 0) is 55.5 Å². The van der Waals surface area contributed by atoms with Crippen molar-refractivity contribution in [2.45, 2.75) is 31.8 Å². The van der Waals surface area contributed by atoms with Crippen LogP contribution in [0.25, 0.3) is 0 Å². The standard InChI is InChI=1S/C21H28N4O/c1-23-11-5-9-20(23)21(26)25-14-17-7-3-8-19(18(17)15-25)24(2)13-16-6-4-10-22-12-16/h4-6,9-12,17-19H,3,7-8,13-15H2,1-2H3/t17-,18+,19+/m1/s1. The highest BCUT2D eigenvalue weighted by Crippen LogP contribution is 2.39. The molecule has 1 aliphatic carbocycles. The molecule has 2 aromatic rings. The minimum atomic E-state index is 0.181. The largest absolute Gasteiger partial charge is 0.347 e. The number of likely N-dealkylation sites (tertiary alicyclic amines) is 1. The van der Waals surface area contributed by atoms with Crippen LogP contribution in [0, 0.1) is 11.8 Å². The molecule has 1 amide bonds. The van der Waals surface area contributed by atoms with Gasteiger partial charge in [-0.15, -0.1) is 0 Å².